The minimum Gasteiger partial charge on any atom is -0.493 e. The lowest BCUT2D eigenvalue weighted by atomic mass is 9.96. The van der Waals surface area contributed by atoms with Gasteiger partial charge in [-0.25, -0.2) is 18.0 Å². The topological polar surface area (TPSA) is 120 Å². The van der Waals surface area contributed by atoms with E-state index in [1.807, 2.05) is 0 Å². The average molecular weight is 446 g/mol. The molecule has 0 bridgehead atoms. The first-order valence-electron chi connectivity index (χ1n) is 9.19. The quantitative estimate of drug-likeness (QED) is 0.624. The summed E-state index contributed by atoms with van der Waals surface area (Å²) < 4.78 is 41.4. The Morgan fingerprint density at radius 3 is 2.29 bits per heavy atom. The predicted octanol–water partition coefficient (Wildman–Crippen LogP) is 1.96. The van der Waals surface area contributed by atoms with E-state index < -0.39 is 33.6 Å². The smallest absolute Gasteiger partial charge is 0.338 e. The van der Waals surface area contributed by atoms with Crippen molar-refractivity contribution in [1.82, 2.24) is 10.6 Å². The predicted molar refractivity (Wildman–Crippen MR) is 111 cm³/mol. The molecule has 1 heterocycles. The number of carbonyl (C=O) groups excluding carboxylic acids is 2. The Balaban J connectivity index is 2.08. The van der Waals surface area contributed by atoms with Crippen molar-refractivity contribution in [2.45, 2.75) is 10.9 Å². The number of benzene rings is 2. The zero-order valence-corrected chi connectivity index (χ0v) is 18.0. The summed E-state index contributed by atoms with van der Waals surface area (Å²) in [5, 5.41) is 5.10. The van der Waals surface area contributed by atoms with Crippen molar-refractivity contribution in [3.8, 4) is 11.5 Å². The molecular weight excluding hydrogens is 424 g/mol. The molecule has 0 radical (unpaired) electrons. The van der Waals surface area contributed by atoms with Crippen LogP contribution in [0.2, 0.25) is 0 Å². The van der Waals surface area contributed by atoms with E-state index in [1.54, 1.807) is 30.3 Å². The van der Waals surface area contributed by atoms with Crippen molar-refractivity contribution < 1.29 is 32.2 Å². The number of ether oxygens (including phenoxy) is 3. The Bertz CT molecular complexity index is 1130. The van der Waals surface area contributed by atoms with Gasteiger partial charge in [-0.1, -0.05) is 30.3 Å². The first kappa shape index (κ1) is 22.2. The molecule has 2 amide bonds. The van der Waals surface area contributed by atoms with Crippen LogP contribution in [0.4, 0.5) is 4.79 Å². The molecule has 1 atom stereocenters. The SMILES string of the molecule is COC(=O)C1=C(CS(=O)(=O)c2ccc(OC)c(OC)c2)NC(=O)NC1c1ccccc1. The summed E-state index contributed by atoms with van der Waals surface area (Å²) >= 11 is 0. The van der Waals surface area contributed by atoms with Crippen molar-refractivity contribution in [2.24, 2.45) is 0 Å². The van der Waals surface area contributed by atoms with Crippen LogP contribution in [0.15, 0.2) is 64.7 Å². The van der Waals surface area contributed by atoms with Crippen molar-refractivity contribution >= 4 is 21.8 Å². The van der Waals surface area contributed by atoms with Crippen LogP contribution in [0, 0.1) is 0 Å². The van der Waals surface area contributed by atoms with Gasteiger partial charge in [-0.05, 0) is 17.7 Å². The second kappa shape index (κ2) is 9.09. The number of hydrogen-bond acceptors (Lipinski definition) is 7. The van der Waals surface area contributed by atoms with Gasteiger partial charge in [0.2, 0.25) is 0 Å². The summed E-state index contributed by atoms with van der Waals surface area (Å²) in [4.78, 5) is 24.8. The van der Waals surface area contributed by atoms with Crippen LogP contribution in [-0.4, -0.2) is 47.5 Å². The second-order valence-electron chi connectivity index (χ2n) is 6.60. The summed E-state index contributed by atoms with van der Waals surface area (Å²) in [6.07, 6.45) is 0. The van der Waals surface area contributed by atoms with Gasteiger partial charge in [-0.15, -0.1) is 0 Å². The van der Waals surface area contributed by atoms with E-state index in [-0.39, 0.29) is 21.9 Å². The van der Waals surface area contributed by atoms with Crippen LogP contribution in [0.3, 0.4) is 0 Å². The van der Waals surface area contributed by atoms with Crippen LogP contribution in [0.1, 0.15) is 11.6 Å². The van der Waals surface area contributed by atoms with E-state index >= 15 is 0 Å². The Morgan fingerprint density at radius 2 is 1.68 bits per heavy atom. The van der Waals surface area contributed by atoms with Gasteiger partial charge >= 0.3 is 12.0 Å². The van der Waals surface area contributed by atoms with Gasteiger partial charge in [0.15, 0.2) is 21.3 Å². The third-order valence-corrected chi connectivity index (χ3v) is 6.38. The molecule has 2 N–H and O–H groups in total. The second-order valence-corrected chi connectivity index (χ2v) is 8.59. The van der Waals surface area contributed by atoms with Gasteiger partial charge in [0.25, 0.3) is 0 Å². The zero-order chi connectivity index (χ0) is 22.6. The molecule has 0 spiro atoms. The highest BCUT2D eigenvalue weighted by atomic mass is 32.2. The number of nitrogens with one attached hydrogen (secondary N) is 2. The van der Waals surface area contributed by atoms with Gasteiger partial charge < -0.3 is 24.8 Å². The van der Waals surface area contributed by atoms with Crippen molar-refractivity contribution in [1.29, 1.82) is 0 Å². The van der Waals surface area contributed by atoms with Crippen LogP contribution in [0.5, 0.6) is 11.5 Å². The maximum atomic E-state index is 13.1. The minimum atomic E-state index is -3.96. The maximum absolute atomic E-state index is 13.1. The molecule has 0 aromatic heterocycles. The van der Waals surface area contributed by atoms with E-state index in [9.17, 15) is 18.0 Å². The fraction of sp³-hybridized carbons (Fsp3) is 0.238. The zero-order valence-electron chi connectivity index (χ0n) is 17.2. The number of amides is 2. The maximum Gasteiger partial charge on any atom is 0.338 e. The van der Waals surface area contributed by atoms with E-state index in [2.05, 4.69) is 10.6 Å². The summed E-state index contributed by atoms with van der Waals surface area (Å²) in [6, 6.07) is 11.4. The van der Waals surface area contributed by atoms with Gasteiger partial charge in [0, 0.05) is 11.8 Å². The fourth-order valence-corrected chi connectivity index (χ4v) is 4.60. The molecule has 2 aromatic carbocycles. The Kier molecular flexibility index (Phi) is 6.50. The number of urea groups is 1. The highest BCUT2D eigenvalue weighted by molar-refractivity contribution is 7.91. The molecule has 2 aromatic rings. The summed E-state index contributed by atoms with van der Waals surface area (Å²) in [5.74, 6) is -0.764. The molecule has 0 fully saturated rings. The average Bonchev–Trinajstić information content (AvgIpc) is 2.78. The summed E-state index contributed by atoms with van der Waals surface area (Å²) in [5.41, 5.74) is 0.565. The lowest BCUT2D eigenvalue weighted by Gasteiger charge is -2.29. The standard InChI is InChI=1S/C21H22N2O7S/c1-28-16-10-9-14(11-17(16)29-2)31(26,27)12-15-18(20(24)30-3)19(23-21(25)22-15)13-7-5-4-6-8-13/h4-11,19H,12H2,1-3H3,(H2,22,23,25). The number of esters is 1. The van der Waals surface area contributed by atoms with E-state index in [0.717, 1.165) is 0 Å². The number of hydrogen-bond donors (Lipinski definition) is 2. The van der Waals surface area contributed by atoms with Gasteiger partial charge in [0.05, 0.1) is 43.6 Å². The lowest BCUT2D eigenvalue weighted by molar-refractivity contribution is -0.136. The number of rotatable bonds is 7. The molecule has 164 valence electrons. The molecular formula is C21H22N2O7S. The van der Waals surface area contributed by atoms with Crippen molar-refractivity contribution in [3.05, 3.63) is 65.4 Å². The van der Waals surface area contributed by atoms with Gasteiger partial charge in [-0.2, -0.15) is 0 Å². The lowest BCUT2D eigenvalue weighted by Crippen LogP contribution is -2.47. The largest absolute Gasteiger partial charge is 0.493 e. The highest BCUT2D eigenvalue weighted by Crippen LogP contribution is 2.32. The molecule has 10 heteroatoms. The number of carbonyl (C=O) groups is 2. The monoisotopic (exact) mass is 446 g/mol. The minimum absolute atomic E-state index is 0.0114. The third kappa shape index (κ3) is 4.64. The number of sulfone groups is 1. The first-order chi connectivity index (χ1) is 14.8. The van der Waals surface area contributed by atoms with Crippen molar-refractivity contribution in [2.75, 3.05) is 27.1 Å². The Labute approximate surface area is 179 Å². The molecule has 0 saturated heterocycles. The molecule has 0 aliphatic carbocycles. The summed E-state index contributed by atoms with van der Waals surface area (Å²) in [6.45, 7) is 0. The van der Waals surface area contributed by atoms with Crippen molar-refractivity contribution in [3.63, 3.8) is 0 Å². The normalized spacial score (nSPS) is 16.2. The van der Waals surface area contributed by atoms with E-state index in [1.165, 1.54) is 39.5 Å². The Hall–Kier alpha value is -3.53. The molecule has 0 saturated carbocycles. The highest BCUT2D eigenvalue weighted by Gasteiger charge is 2.35. The molecule has 1 aliphatic rings. The molecule has 9 nitrogen and oxygen atoms in total. The first-order valence-corrected chi connectivity index (χ1v) is 10.8. The van der Waals surface area contributed by atoms with Crippen LogP contribution < -0.4 is 20.1 Å². The van der Waals surface area contributed by atoms with E-state index in [4.69, 9.17) is 14.2 Å². The molecule has 1 aliphatic heterocycles. The van der Waals surface area contributed by atoms with E-state index in [0.29, 0.717) is 11.3 Å². The molecule has 1 unspecified atom stereocenters. The van der Waals surface area contributed by atoms with Gasteiger partial charge in [-0.3, -0.25) is 0 Å². The van der Waals surface area contributed by atoms with Crippen LogP contribution in [0.25, 0.3) is 0 Å². The molecule has 31 heavy (non-hydrogen) atoms. The fourth-order valence-electron chi connectivity index (χ4n) is 3.26. The van der Waals surface area contributed by atoms with Gasteiger partial charge in [0.1, 0.15) is 0 Å². The van der Waals surface area contributed by atoms with Crippen LogP contribution in [-0.2, 0) is 19.4 Å². The van der Waals surface area contributed by atoms with Crippen LogP contribution >= 0.6 is 0 Å². The molecule has 3 rings (SSSR count). The summed E-state index contributed by atoms with van der Waals surface area (Å²) in [7, 11) is 0.0546. The Morgan fingerprint density at radius 1 is 1.00 bits per heavy atom. The number of methoxy groups -OCH3 is 3. The third-order valence-electron chi connectivity index (χ3n) is 4.74.